The van der Waals surface area contributed by atoms with E-state index in [0.29, 0.717) is 29.7 Å². The van der Waals surface area contributed by atoms with Gasteiger partial charge in [-0.3, -0.25) is 18.2 Å². The van der Waals surface area contributed by atoms with Crippen LogP contribution in [0.25, 0.3) is 10.8 Å². The number of aromatic hydroxyl groups is 1. The van der Waals surface area contributed by atoms with Crippen LogP contribution < -0.4 is 16.0 Å². The van der Waals surface area contributed by atoms with Crippen LogP contribution in [0.4, 0.5) is 56.1 Å². The van der Waals surface area contributed by atoms with Crippen molar-refractivity contribution in [3.8, 4) is 5.75 Å². The molecule has 0 fully saturated rings. The molecule has 5 aromatic carbocycles. The Bertz CT molecular complexity index is 4030. The number of halogens is 1. The molecule has 0 aliphatic carbocycles. The van der Waals surface area contributed by atoms with Crippen molar-refractivity contribution in [1.29, 1.82) is 0 Å². The van der Waals surface area contributed by atoms with E-state index in [2.05, 4.69) is 53.9 Å². The highest BCUT2D eigenvalue weighted by molar-refractivity contribution is 7.94. The molecule has 1 aromatic heterocycles. The summed E-state index contributed by atoms with van der Waals surface area (Å²) in [6, 6.07) is 10.8. The van der Waals surface area contributed by atoms with Crippen molar-refractivity contribution >= 4 is 123 Å². The van der Waals surface area contributed by atoms with Crippen LogP contribution in [0, 0.1) is 6.08 Å². The minimum atomic E-state index is -5.55. The highest BCUT2D eigenvalue weighted by Crippen LogP contribution is 2.49. The van der Waals surface area contributed by atoms with Crippen LogP contribution in [0.5, 0.6) is 5.75 Å². The molecule has 0 aliphatic rings. The summed E-state index contributed by atoms with van der Waals surface area (Å²) in [5, 5.41) is 28.1. The zero-order valence-corrected chi connectivity index (χ0v) is 40.2. The first kappa shape index (κ1) is 53.1. The van der Waals surface area contributed by atoms with Gasteiger partial charge in [0.05, 0.1) is 20.9 Å². The molecule has 0 bridgehead atoms. The number of phenolic OH excluding ortho intramolecular Hbond substituents is 1. The van der Waals surface area contributed by atoms with Gasteiger partial charge in [-0.1, -0.05) is 19.2 Å². The average Bonchev–Trinajstić information content (AvgIpc) is 3.27. The molecule has 27 nitrogen and oxygen atoms in total. The van der Waals surface area contributed by atoms with E-state index >= 15 is 0 Å². The van der Waals surface area contributed by atoms with E-state index < -0.39 is 142 Å². The summed E-state index contributed by atoms with van der Waals surface area (Å²) in [7, 11) is -29.8. The van der Waals surface area contributed by atoms with Crippen LogP contribution in [-0.4, -0.2) is 95.3 Å². The van der Waals surface area contributed by atoms with E-state index in [-0.39, 0.29) is 28.8 Å². The summed E-state index contributed by atoms with van der Waals surface area (Å²) in [5.74, 6) is -2.29. The van der Waals surface area contributed by atoms with Gasteiger partial charge in [0.1, 0.15) is 42.3 Å². The summed E-state index contributed by atoms with van der Waals surface area (Å²) >= 11 is 0. The molecule has 8 N–H and O–H groups in total. The topological polar surface area (TPSA) is 435 Å². The molecule has 6 rings (SSSR count). The lowest BCUT2D eigenvalue weighted by Crippen LogP contribution is -2.20. The monoisotopic (exact) mass is 1100 g/mol. The van der Waals surface area contributed by atoms with Crippen molar-refractivity contribution in [2.45, 2.75) is 36.3 Å². The molecule has 0 unspecified atom stereocenters. The Hall–Kier alpha value is -7.28. The molecule has 6 aromatic rings. The van der Waals surface area contributed by atoms with Gasteiger partial charge in [0, 0.05) is 28.7 Å². The molecule has 0 radical (unpaired) electrons. The van der Waals surface area contributed by atoms with Crippen molar-refractivity contribution in [2.24, 2.45) is 20.5 Å². The van der Waals surface area contributed by atoms with E-state index in [9.17, 15) is 78.2 Å². The van der Waals surface area contributed by atoms with Gasteiger partial charge in [0.2, 0.25) is 11.9 Å². The molecular formula is C37H31FN10O17S6. The van der Waals surface area contributed by atoms with Gasteiger partial charge in [0.25, 0.3) is 40.5 Å². The fourth-order valence-corrected chi connectivity index (χ4v) is 10.4. The van der Waals surface area contributed by atoms with E-state index in [1.807, 2.05) is 0 Å². The summed E-state index contributed by atoms with van der Waals surface area (Å²) in [6.07, 6.45) is -1.36. The minimum Gasteiger partial charge on any atom is -0.505 e. The van der Waals surface area contributed by atoms with Crippen LogP contribution in [0.2, 0.25) is 0 Å². The van der Waals surface area contributed by atoms with Crippen molar-refractivity contribution in [1.82, 2.24) is 15.0 Å². The highest BCUT2D eigenvalue weighted by Gasteiger charge is 2.29. The van der Waals surface area contributed by atoms with E-state index in [1.54, 1.807) is 6.92 Å². The molecule has 0 aliphatic heterocycles. The fourth-order valence-electron chi connectivity index (χ4n) is 6.27. The molecule has 34 heteroatoms. The number of nitrogens with zero attached hydrogens (tertiary/aromatic N) is 8. The summed E-state index contributed by atoms with van der Waals surface area (Å²) in [6.45, 7) is 8.02. The van der Waals surface area contributed by atoms with Crippen LogP contribution in [0.3, 0.4) is 0 Å². The number of nitrogens with one attached hydrogen (secondary N) is 1. The maximum atomic E-state index is 14.9. The Morgan fingerprint density at radius 2 is 1.20 bits per heavy atom. The second kappa shape index (κ2) is 19.1. The largest absolute Gasteiger partial charge is 0.505 e. The number of benzene rings is 5. The molecule has 0 amide bonds. The molecule has 0 saturated carbocycles. The average molecular weight is 1100 g/mol. The molecule has 374 valence electrons. The lowest BCUT2D eigenvalue weighted by Gasteiger charge is -2.21. The number of nitrogens with two attached hydrogens (primary N) is 1. The number of rotatable bonds is 17. The number of azo groups is 2. The summed E-state index contributed by atoms with van der Waals surface area (Å²) in [4.78, 5) is 6.93. The third-order valence-electron chi connectivity index (χ3n) is 9.47. The zero-order chi connectivity index (χ0) is 52.8. The number of nitrogen functional groups attached to an aromatic ring is 1. The van der Waals surface area contributed by atoms with Gasteiger partial charge in [-0.15, -0.1) is 20.5 Å². The second-order valence-electron chi connectivity index (χ2n) is 13.9. The maximum Gasteiger partial charge on any atom is 0.315 e. The van der Waals surface area contributed by atoms with Crippen LogP contribution >= 0.6 is 0 Å². The van der Waals surface area contributed by atoms with Crippen LogP contribution in [-0.2, 0) is 60.1 Å². The first-order valence-corrected chi connectivity index (χ1v) is 27.6. The second-order valence-corrected chi connectivity index (χ2v) is 23.3. The summed E-state index contributed by atoms with van der Waals surface area (Å²) < 4.78 is 205. The smallest absolute Gasteiger partial charge is 0.315 e. The van der Waals surface area contributed by atoms with Gasteiger partial charge in [0.15, 0.2) is 25.4 Å². The van der Waals surface area contributed by atoms with Crippen molar-refractivity contribution < 1.29 is 78.2 Å². The van der Waals surface area contributed by atoms with Crippen molar-refractivity contribution in [3.05, 3.63) is 103 Å². The minimum absolute atomic E-state index is 0.0405. The summed E-state index contributed by atoms with van der Waals surface area (Å²) in [5.41, 5.74) is 1.07. The van der Waals surface area contributed by atoms with E-state index in [1.165, 1.54) is 29.2 Å². The van der Waals surface area contributed by atoms with E-state index in [4.69, 9.17) is 5.73 Å². The highest BCUT2D eigenvalue weighted by atomic mass is 32.2. The van der Waals surface area contributed by atoms with Gasteiger partial charge >= 0.3 is 6.08 Å². The number of hydrogen-bond acceptors (Lipinski definition) is 23. The third kappa shape index (κ3) is 11.4. The van der Waals surface area contributed by atoms with Crippen LogP contribution in [0.1, 0.15) is 6.92 Å². The van der Waals surface area contributed by atoms with E-state index in [0.717, 1.165) is 29.7 Å². The van der Waals surface area contributed by atoms with Crippen molar-refractivity contribution in [3.63, 3.8) is 0 Å². The lowest BCUT2D eigenvalue weighted by atomic mass is 10.1. The Balaban J connectivity index is 1.50. The predicted octanol–water partition coefficient (Wildman–Crippen LogP) is 6.01. The quantitative estimate of drug-likeness (QED) is 0.0312. The lowest BCUT2D eigenvalue weighted by molar-refractivity contribution is 0.472. The Morgan fingerprint density at radius 3 is 1.76 bits per heavy atom. The SMILES string of the molecule is C=CS(=O)(=O)c1cccc(N(CC)c2nc(F)nc(Nc3ccc(S(=O)(=O)O)c(N=Nc4c(S(=O)(=O)O)cc5cc(S(=O)(=O)O)c(N=Nc6ccc(S(=O)(=O)C=C)cc6S(=O)(=O)O)c(N)c5c4O)c3)n2)c1. The maximum absolute atomic E-state index is 14.9. The molecule has 71 heavy (non-hydrogen) atoms. The number of hydrogen-bond donors (Lipinski definition) is 7. The first-order chi connectivity index (χ1) is 32.8. The number of sulfone groups is 2. The zero-order valence-electron chi connectivity index (χ0n) is 35.3. The van der Waals surface area contributed by atoms with Crippen molar-refractivity contribution in [2.75, 3.05) is 22.5 Å². The molecule has 0 spiro atoms. The Morgan fingerprint density at radius 1 is 0.648 bits per heavy atom. The Labute approximate surface area is 401 Å². The molecule has 0 saturated heterocycles. The molecular weight excluding hydrogens is 1070 g/mol. The normalized spacial score (nSPS) is 12.9. The van der Waals surface area contributed by atoms with Gasteiger partial charge in [-0.25, -0.2) is 16.8 Å². The van der Waals surface area contributed by atoms with Gasteiger partial charge in [-0.2, -0.15) is 53.0 Å². The number of anilines is 5. The first-order valence-electron chi connectivity index (χ1n) is 18.8. The number of fused-ring (bicyclic) bond motifs is 1. The molecule has 0 atom stereocenters. The predicted molar refractivity (Wildman–Crippen MR) is 247 cm³/mol. The number of phenols is 1. The standard InChI is InChI=1S/C37H31FN10O17S6/c1-4-48(21-8-7-9-22(17-21)66(50,51)5-2)37-42-35(38)41-36(43-37)40-20-10-13-26(68(54,55)56)25(16-20)45-47-33-29(71(63,64)65)15-19-14-28(70(60,61)62)32(31(39)30(19)34(33)49)46-44-24-12-11-23(67(52,53)6-3)18-27(24)69(57,58)59/h5-18,49H,2-4,39H2,1H3,(H,54,55,56)(H,57,58,59)(H,60,61,62)(H,63,64,65)(H,40,41,42,43). The third-order valence-corrected chi connectivity index (χ3v) is 15.7. The fraction of sp³-hybridized carbons (Fsp3) is 0.0541. The number of aromatic nitrogens is 3. The Kier molecular flexibility index (Phi) is 14.3. The van der Waals surface area contributed by atoms with Gasteiger partial charge < -0.3 is 21.1 Å². The van der Waals surface area contributed by atoms with Gasteiger partial charge in [-0.05, 0) is 79.0 Å². The molecule has 1 heterocycles. The van der Waals surface area contributed by atoms with Crippen LogP contribution in [0.15, 0.2) is 147 Å².